The number of carbonyl (C=O) groups is 3. The van der Waals surface area contributed by atoms with Crippen LogP contribution in [0.25, 0.3) is 0 Å². The average Bonchev–Trinajstić information content (AvgIpc) is 2.61. The average molecular weight is 346 g/mol. The highest BCUT2D eigenvalue weighted by Crippen LogP contribution is 2.33. The Morgan fingerprint density at radius 1 is 1.20 bits per heavy atom. The Morgan fingerprint density at radius 3 is 2.68 bits per heavy atom. The van der Waals surface area contributed by atoms with Crippen LogP contribution < -0.4 is 0 Å². The molecule has 1 aromatic rings. The highest BCUT2D eigenvalue weighted by Gasteiger charge is 2.36. The van der Waals surface area contributed by atoms with Crippen molar-refractivity contribution in [3.8, 4) is 0 Å². The molecule has 1 fully saturated rings. The number of hydrogen-bond donors (Lipinski definition) is 1. The quantitative estimate of drug-likeness (QED) is 0.876. The van der Waals surface area contributed by atoms with Crippen LogP contribution >= 0.6 is 0 Å². The zero-order chi connectivity index (χ0) is 18.0. The third kappa shape index (κ3) is 3.51. The number of rotatable bonds is 3. The maximum Gasteiger partial charge on any atom is 0.328 e. The summed E-state index contributed by atoms with van der Waals surface area (Å²) >= 11 is 0. The van der Waals surface area contributed by atoms with Crippen LogP contribution in [0.15, 0.2) is 24.3 Å². The predicted molar refractivity (Wildman–Crippen MR) is 88.8 cm³/mol. The van der Waals surface area contributed by atoms with E-state index < -0.39 is 12.0 Å². The monoisotopic (exact) mass is 346 g/mol. The molecule has 7 nitrogen and oxygen atoms in total. The molecule has 3 rings (SSSR count). The summed E-state index contributed by atoms with van der Waals surface area (Å²) in [4.78, 5) is 39.3. The van der Waals surface area contributed by atoms with Crippen LogP contribution in [0.4, 0.5) is 0 Å². The van der Waals surface area contributed by atoms with Crippen molar-refractivity contribution >= 4 is 17.8 Å². The number of ether oxygens (including phenoxy) is 1. The first-order chi connectivity index (χ1) is 12.0. The molecule has 7 heteroatoms. The molecule has 2 heterocycles. The van der Waals surface area contributed by atoms with E-state index >= 15 is 0 Å². The highest BCUT2D eigenvalue weighted by atomic mass is 16.5. The van der Waals surface area contributed by atoms with Gasteiger partial charge in [-0.15, -0.1) is 0 Å². The van der Waals surface area contributed by atoms with Gasteiger partial charge in [0.05, 0.1) is 25.7 Å². The molecule has 1 aromatic carbocycles. The first-order valence-corrected chi connectivity index (χ1v) is 8.44. The van der Waals surface area contributed by atoms with Gasteiger partial charge in [-0.05, 0) is 17.5 Å². The Labute approximate surface area is 146 Å². The van der Waals surface area contributed by atoms with Crippen molar-refractivity contribution in [3.05, 3.63) is 35.4 Å². The number of aliphatic carboxylic acids is 1. The summed E-state index contributed by atoms with van der Waals surface area (Å²) < 4.78 is 5.19. The Kier molecular flexibility index (Phi) is 5.03. The molecular formula is C18H22N2O5. The predicted octanol–water partition coefficient (Wildman–Crippen LogP) is 0.834. The van der Waals surface area contributed by atoms with Crippen molar-refractivity contribution in [2.75, 3.05) is 26.3 Å². The van der Waals surface area contributed by atoms with Crippen LogP contribution in [0, 0.1) is 0 Å². The van der Waals surface area contributed by atoms with E-state index in [-0.39, 0.29) is 37.4 Å². The van der Waals surface area contributed by atoms with Gasteiger partial charge in [-0.1, -0.05) is 24.3 Å². The van der Waals surface area contributed by atoms with Gasteiger partial charge in [0.15, 0.2) is 6.04 Å². The standard InChI is InChI=1S/C18H22N2O5/c1-12(21)19-7-6-13-4-2-3-5-14(13)15(19)10-17(22)20-8-9-25-11-16(20)18(23)24/h2-5,15-16H,6-11H2,1H3,(H,23,24)/t15-,16+/m0/s1. The van der Waals surface area contributed by atoms with Gasteiger partial charge < -0.3 is 19.6 Å². The Balaban J connectivity index is 1.84. The maximum atomic E-state index is 12.8. The van der Waals surface area contributed by atoms with Crippen molar-refractivity contribution in [1.29, 1.82) is 0 Å². The van der Waals surface area contributed by atoms with E-state index in [0.717, 1.165) is 17.5 Å². The summed E-state index contributed by atoms with van der Waals surface area (Å²) in [6.45, 7) is 2.64. The van der Waals surface area contributed by atoms with Gasteiger partial charge in [-0.2, -0.15) is 0 Å². The zero-order valence-electron chi connectivity index (χ0n) is 14.2. The number of carboxylic acids is 1. The van der Waals surface area contributed by atoms with Gasteiger partial charge in [0.25, 0.3) is 0 Å². The summed E-state index contributed by atoms with van der Waals surface area (Å²) in [6.07, 6.45) is 0.843. The van der Waals surface area contributed by atoms with Crippen LogP contribution in [0.1, 0.15) is 30.5 Å². The fourth-order valence-corrected chi connectivity index (χ4v) is 3.64. The number of hydrogen-bond acceptors (Lipinski definition) is 4. The lowest BCUT2D eigenvalue weighted by Gasteiger charge is -2.39. The molecule has 0 radical (unpaired) electrons. The molecular weight excluding hydrogens is 324 g/mol. The normalized spacial score (nSPS) is 23.1. The molecule has 2 atom stereocenters. The van der Waals surface area contributed by atoms with Gasteiger partial charge in [-0.25, -0.2) is 4.79 Å². The number of morpholine rings is 1. The lowest BCUT2D eigenvalue weighted by atomic mass is 9.90. The largest absolute Gasteiger partial charge is 0.480 e. The molecule has 2 aliphatic heterocycles. The Hall–Kier alpha value is -2.41. The second-order valence-electron chi connectivity index (χ2n) is 6.40. The molecule has 1 saturated heterocycles. The number of nitrogens with zero attached hydrogens (tertiary/aromatic N) is 2. The van der Waals surface area contributed by atoms with Crippen molar-refractivity contribution in [1.82, 2.24) is 9.80 Å². The minimum Gasteiger partial charge on any atom is -0.480 e. The molecule has 0 aliphatic carbocycles. The van der Waals surface area contributed by atoms with Crippen molar-refractivity contribution in [2.45, 2.75) is 31.8 Å². The Morgan fingerprint density at radius 2 is 1.96 bits per heavy atom. The zero-order valence-corrected chi connectivity index (χ0v) is 14.2. The first-order valence-electron chi connectivity index (χ1n) is 8.44. The lowest BCUT2D eigenvalue weighted by molar-refractivity contribution is -0.159. The first kappa shape index (κ1) is 17.4. The lowest BCUT2D eigenvalue weighted by Crippen LogP contribution is -2.53. The summed E-state index contributed by atoms with van der Waals surface area (Å²) in [6, 6.07) is 6.48. The molecule has 0 spiro atoms. The highest BCUT2D eigenvalue weighted by molar-refractivity contribution is 5.85. The van der Waals surface area contributed by atoms with Crippen LogP contribution in [-0.2, 0) is 25.5 Å². The fourth-order valence-electron chi connectivity index (χ4n) is 3.64. The van der Waals surface area contributed by atoms with Crippen LogP contribution in [0.5, 0.6) is 0 Å². The SMILES string of the molecule is CC(=O)N1CCc2ccccc2[C@@H]1CC(=O)N1CCOC[C@@H]1C(=O)O. The minimum absolute atomic E-state index is 0.00124. The summed E-state index contributed by atoms with van der Waals surface area (Å²) in [7, 11) is 0. The smallest absolute Gasteiger partial charge is 0.328 e. The van der Waals surface area contributed by atoms with Gasteiger partial charge in [0.1, 0.15) is 0 Å². The minimum atomic E-state index is -1.07. The molecule has 0 unspecified atom stereocenters. The number of benzene rings is 1. The van der Waals surface area contributed by atoms with Crippen LogP contribution in [-0.4, -0.2) is 65.0 Å². The third-order valence-corrected chi connectivity index (χ3v) is 4.92. The molecule has 0 aromatic heterocycles. The fraction of sp³-hybridized carbons (Fsp3) is 0.500. The second-order valence-corrected chi connectivity index (χ2v) is 6.40. The number of carboxylic acid groups (broad SMARTS) is 1. The van der Waals surface area contributed by atoms with Crippen molar-refractivity contribution < 1.29 is 24.2 Å². The van der Waals surface area contributed by atoms with E-state index in [1.54, 1.807) is 4.90 Å². The van der Waals surface area contributed by atoms with Crippen LogP contribution in [0.3, 0.4) is 0 Å². The molecule has 25 heavy (non-hydrogen) atoms. The van der Waals surface area contributed by atoms with E-state index in [0.29, 0.717) is 13.2 Å². The van der Waals surface area contributed by atoms with E-state index in [4.69, 9.17) is 4.74 Å². The summed E-state index contributed by atoms with van der Waals surface area (Å²) in [5, 5.41) is 9.32. The topological polar surface area (TPSA) is 87.2 Å². The second kappa shape index (κ2) is 7.23. The summed E-state index contributed by atoms with van der Waals surface area (Å²) in [5.74, 6) is -1.41. The number of carbonyl (C=O) groups excluding carboxylic acids is 2. The molecule has 134 valence electrons. The summed E-state index contributed by atoms with van der Waals surface area (Å²) in [5.41, 5.74) is 2.10. The van der Waals surface area contributed by atoms with E-state index in [1.807, 2.05) is 24.3 Å². The maximum absolute atomic E-state index is 12.8. The third-order valence-electron chi connectivity index (χ3n) is 4.92. The number of fused-ring (bicyclic) bond motifs is 1. The molecule has 2 aliphatic rings. The molecule has 0 saturated carbocycles. The molecule has 2 amide bonds. The van der Waals surface area contributed by atoms with Gasteiger partial charge in [0, 0.05) is 20.0 Å². The molecule has 1 N–H and O–H groups in total. The van der Waals surface area contributed by atoms with Gasteiger partial charge >= 0.3 is 5.97 Å². The van der Waals surface area contributed by atoms with Crippen molar-refractivity contribution in [3.63, 3.8) is 0 Å². The van der Waals surface area contributed by atoms with E-state index in [9.17, 15) is 19.5 Å². The van der Waals surface area contributed by atoms with E-state index in [1.165, 1.54) is 11.8 Å². The number of amides is 2. The van der Waals surface area contributed by atoms with Crippen molar-refractivity contribution in [2.24, 2.45) is 0 Å². The van der Waals surface area contributed by atoms with Gasteiger partial charge in [0.2, 0.25) is 11.8 Å². The molecule has 0 bridgehead atoms. The van der Waals surface area contributed by atoms with Gasteiger partial charge in [-0.3, -0.25) is 9.59 Å². The van der Waals surface area contributed by atoms with E-state index in [2.05, 4.69) is 0 Å². The Bertz CT molecular complexity index is 690. The van der Waals surface area contributed by atoms with Crippen LogP contribution in [0.2, 0.25) is 0 Å².